The van der Waals surface area contributed by atoms with E-state index in [1.54, 1.807) is 25.1 Å². The number of rotatable bonds is 6. The molecule has 1 aliphatic rings. The Morgan fingerprint density at radius 3 is 2.58 bits per heavy atom. The van der Waals surface area contributed by atoms with Crippen molar-refractivity contribution >= 4 is 23.0 Å². The lowest BCUT2D eigenvalue weighted by molar-refractivity contribution is -0.139. The molecule has 0 radical (unpaired) electrons. The van der Waals surface area contributed by atoms with Crippen LogP contribution in [0.1, 0.15) is 58.5 Å². The number of fused-ring (bicyclic) bond motifs is 1. The van der Waals surface area contributed by atoms with Gasteiger partial charge >= 0.3 is 12.1 Å². The van der Waals surface area contributed by atoms with Gasteiger partial charge in [0, 0.05) is 11.8 Å². The van der Waals surface area contributed by atoms with Crippen LogP contribution in [0.25, 0.3) is 10.9 Å². The molecule has 1 saturated heterocycles. The first kappa shape index (κ1) is 23.1. The second-order valence-electron chi connectivity index (χ2n) is 9.37. The van der Waals surface area contributed by atoms with Crippen molar-refractivity contribution in [1.82, 2.24) is 4.57 Å². The first-order chi connectivity index (χ1) is 14.4. The van der Waals surface area contributed by atoms with Gasteiger partial charge in [-0.25, -0.2) is 14.2 Å². The maximum atomic E-state index is 12.7. The molecule has 2 heterocycles. The average molecular weight is 434 g/mol. The van der Waals surface area contributed by atoms with Gasteiger partial charge in [0.25, 0.3) is 0 Å². The van der Waals surface area contributed by atoms with Crippen molar-refractivity contribution in [1.29, 1.82) is 0 Å². The lowest BCUT2D eigenvalue weighted by Crippen LogP contribution is -2.30. The lowest BCUT2D eigenvalue weighted by Gasteiger charge is -2.26. The third kappa shape index (κ3) is 5.37. The zero-order chi connectivity index (χ0) is 23.0. The maximum absolute atomic E-state index is 12.7. The Morgan fingerprint density at radius 1 is 1.29 bits per heavy atom. The van der Waals surface area contributed by atoms with Crippen molar-refractivity contribution in [2.45, 2.75) is 66.0 Å². The Bertz CT molecular complexity index is 970. The van der Waals surface area contributed by atoms with E-state index in [9.17, 15) is 14.7 Å². The van der Waals surface area contributed by atoms with E-state index in [1.165, 1.54) is 6.07 Å². The smallest absolute Gasteiger partial charge is 0.416 e. The molecule has 3 rings (SSSR count). The van der Waals surface area contributed by atoms with Gasteiger partial charge in [-0.2, -0.15) is 0 Å². The molecule has 8 nitrogen and oxygen atoms in total. The normalized spacial score (nSPS) is 19.4. The first-order valence-corrected chi connectivity index (χ1v) is 10.4. The average Bonchev–Trinajstić information content (AvgIpc) is 3.20. The van der Waals surface area contributed by atoms with Crippen LogP contribution < -0.4 is 4.74 Å². The lowest BCUT2D eigenvalue weighted by atomic mass is 9.90. The topological polar surface area (TPSA) is 96.2 Å². The number of carbonyl (C=O) groups excluding carboxylic acids is 1. The molecule has 1 aromatic heterocycles. The molecule has 2 atom stereocenters. The number of hydrogen-bond acceptors (Lipinski definition) is 6. The Hall–Kier alpha value is -2.58. The summed E-state index contributed by atoms with van der Waals surface area (Å²) in [5, 5.41) is 10.2. The monoisotopic (exact) mass is 433 g/mol. The van der Waals surface area contributed by atoms with E-state index in [1.807, 2.05) is 34.6 Å². The van der Waals surface area contributed by atoms with Gasteiger partial charge in [-0.15, -0.1) is 0 Å². The van der Waals surface area contributed by atoms with Crippen LogP contribution in [-0.4, -0.2) is 52.9 Å². The number of benzene rings is 1. The van der Waals surface area contributed by atoms with Crippen molar-refractivity contribution < 1.29 is 33.6 Å². The van der Waals surface area contributed by atoms with Crippen LogP contribution in [0.15, 0.2) is 24.3 Å². The summed E-state index contributed by atoms with van der Waals surface area (Å²) in [5.41, 5.74) is 0.0963. The summed E-state index contributed by atoms with van der Waals surface area (Å²) in [6, 6.07) is 6.55. The number of carbonyl (C=O) groups is 2. The van der Waals surface area contributed by atoms with Gasteiger partial charge in [-0.1, -0.05) is 20.8 Å². The van der Waals surface area contributed by atoms with Crippen LogP contribution in [0, 0.1) is 5.41 Å². The van der Waals surface area contributed by atoms with Crippen LogP contribution in [0.2, 0.25) is 0 Å². The van der Waals surface area contributed by atoms with Crippen LogP contribution in [0.3, 0.4) is 0 Å². The fourth-order valence-electron chi connectivity index (χ4n) is 3.25. The molecule has 1 fully saturated rings. The van der Waals surface area contributed by atoms with Crippen molar-refractivity contribution in [2.75, 3.05) is 13.2 Å². The number of carboxylic acid groups (broad SMARTS) is 1. The van der Waals surface area contributed by atoms with Gasteiger partial charge in [-0.3, -0.25) is 0 Å². The second-order valence-corrected chi connectivity index (χ2v) is 9.37. The summed E-state index contributed by atoms with van der Waals surface area (Å²) in [7, 11) is 0. The predicted molar refractivity (Wildman–Crippen MR) is 115 cm³/mol. The molecule has 0 spiro atoms. The minimum atomic E-state index is -1.25. The quantitative estimate of drug-likeness (QED) is 0.661. The van der Waals surface area contributed by atoms with Crippen LogP contribution in [-0.2, 0) is 14.2 Å². The summed E-state index contributed by atoms with van der Waals surface area (Å²) < 4.78 is 23.6. The SMILES string of the molecule is CC(OC(=O)c1cc2cc(OCC[C@H]3COC(C)(C)O3)ccc2n1C(=O)O)C(C)(C)C. The van der Waals surface area contributed by atoms with Crippen molar-refractivity contribution in [2.24, 2.45) is 5.41 Å². The van der Waals surface area contributed by atoms with Gasteiger partial charge in [0.1, 0.15) is 17.5 Å². The molecule has 1 aliphatic heterocycles. The zero-order valence-corrected chi connectivity index (χ0v) is 18.9. The van der Waals surface area contributed by atoms with E-state index in [0.29, 0.717) is 36.3 Å². The highest BCUT2D eigenvalue weighted by atomic mass is 16.7. The number of esters is 1. The highest BCUT2D eigenvalue weighted by molar-refractivity contribution is 6.01. The Morgan fingerprint density at radius 2 is 2.00 bits per heavy atom. The summed E-state index contributed by atoms with van der Waals surface area (Å²) in [5.74, 6) is -0.667. The summed E-state index contributed by atoms with van der Waals surface area (Å²) in [6.07, 6.45) is -0.996. The van der Waals surface area contributed by atoms with Gasteiger partial charge in [-0.05, 0) is 50.5 Å². The Labute approximate surface area is 182 Å². The molecule has 0 saturated carbocycles. The number of aromatic nitrogens is 1. The minimum absolute atomic E-state index is 0.0296. The highest BCUT2D eigenvalue weighted by Gasteiger charge is 2.32. The fraction of sp³-hybridized carbons (Fsp3) is 0.565. The summed E-state index contributed by atoms with van der Waals surface area (Å²) >= 11 is 0. The number of hydrogen-bond donors (Lipinski definition) is 1. The molecule has 1 N–H and O–H groups in total. The number of ether oxygens (including phenoxy) is 4. The number of nitrogens with zero attached hydrogens (tertiary/aromatic N) is 1. The molecular formula is C23H31NO7. The van der Waals surface area contributed by atoms with Gasteiger partial charge in [0.15, 0.2) is 5.79 Å². The van der Waals surface area contributed by atoms with Crippen LogP contribution >= 0.6 is 0 Å². The predicted octanol–water partition coefficient (Wildman–Crippen LogP) is 4.68. The van der Waals surface area contributed by atoms with E-state index >= 15 is 0 Å². The molecule has 2 aromatic rings. The van der Waals surface area contributed by atoms with E-state index in [0.717, 1.165) is 4.57 Å². The van der Waals surface area contributed by atoms with Crippen molar-refractivity contribution in [3.63, 3.8) is 0 Å². The molecular weight excluding hydrogens is 402 g/mol. The molecule has 8 heteroatoms. The largest absolute Gasteiger partial charge is 0.493 e. The molecule has 1 aromatic carbocycles. The van der Waals surface area contributed by atoms with E-state index in [2.05, 4.69) is 0 Å². The van der Waals surface area contributed by atoms with Gasteiger partial charge in [0.2, 0.25) is 0 Å². The molecule has 0 bridgehead atoms. The molecule has 31 heavy (non-hydrogen) atoms. The minimum Gasteiger partial charge on any atom is -0.493 e. The standard InChI is InChI=1S/C23H31NO7/c1-14(22(2,3)4)30-20(25)19-12-15-11-16(7-8-18(15)24(19)21(26)27)28-10-9-17-13-29-23(5,6)31-17/h7-8,11-12,14,17H,9-10,13H2,1-6H3,(H,26,27)/t14?,17-/m0/s1. The highest BCUT2D eigenvalue weighted by Crippen LogP contribution is 2.28. The van der Waals surface area contributed by atoms with Gasteiger partial charge < -0.3 is 24.1 Å². The third-order valence-electron chi connectivity index (χ3n) is 5.45. The van der Waals surface area contributed by atoms with E-state index in [4.69, 9.17) is 18.9 Å². The Kier molecular flexibility index (Phi) is 6.34. The summed E-state index contributed by atoms with van der Waals surface area (Å²) in [4.78, 5) is 24.5. The van der Waals surface area contributed by atoms with Crippen LogP contribution in [0.4, 0.5) is 4.79 Å². The molecule has 170 valence electrons. The third-order valence-corrected chi connectivity index (χ3v) is 5.45. The Balaban J connectivity index is 1.75. The molecule has 1 unspecified atom stereocenters. The van der Waals surface area contributed by atoms with Crippen LogP contribution in [0.5, 0.6) is 5.75 Å². The van der Waals surface area contributed by atoms with Crippen molar-refractivity contribution in [3.05, 3.63) is 30.0 Å². The molecule has 0 aliphatic carbocycles. The first-order valence-electron chi connectivity index (χ1n) is 10.4. The van der Waals surface area contributed by atoms with E-state index in [-0.39, 0.29) is 23.3 Å². The fourth-order valence-corrected chi connectivity index (χ4v) is 3.25. The second kappa shape index (κ2) is 8.51. The molecule has 0 amide bonds. The van der Waals surface area contributed by atoms with Gasteiger partial charge in [0.05, 0.1) is 24.8 Å². The van der Waals surface area contributed by atoms with Crippen molar-refractivity contribution in [3.8, 4) is 5.75 Å². The maximum Gasteiger partial charge on any atom is 0.416 e. The zero-order valence-electron chi connectivity index (χ0n) is 18.9. The van der Waals surface area contributed by atoms with E-state index < -0.39 is 17.8 Å². The summed E-state index contributed by atoms with van der Waals surface area (Å²) in [6.45, 7) is 12.3.